The van der Waals surface area contributed by atoms with Crippen LogP contribution in [0.15, 0.2) is 18.3 Å². The van der Waals surface area contributed by atoms with Gasteiger partial charge < -0.3 is 14.6 Å². The van der Waals surface area contributed by atoms with Gasteiger partial charge in [0.15, 0.2) is 6.10 Å². The smallest absolute Gasteiger partial charge is 0.261 e. The van der Waals surface area contributed by atoms with Crippen LogP contribution >= 0.6 is 0 Å². The van der Waals surface area contributed by atoms with Gasteiger partial charge in [-0.15, -0.1) is 0 Å². The van der Waals surface area contributed by atoms with Crippen molar-refractivity contribution in [1.29, 1.82) is 0 Å². The molecule has 5 nitrogen and oxygen atoms in total. The quantitative estimate of drug-likeness (QED) is 0.931. The molecule has 0 saturated carbocycles. The topological polar surface area (TPSA) is 56.1 Å². The minimum atomic E-state index is -0.411. The first-order valence-electron chi connectivity index (χ1n) is 9.19. The summed E-state index contributed by atoms with van der Waals surface area (Å²) in [6, 6.07) is 4.17. The number of nitrogens with zero attached hydrogens (tertiary/aromatic N) is 2. The average molecular weight is 339 g/mol. The largest absolute Gasteiger partial charge is 0.480 e. The molecule has 1 amide bonds. The third kappa shape index (κ3) is 3.28. The predicted octanol–water partition coefficient (Wildman–Crippen LogP) is 2.50. The van der Waals surface area contributed by atoms with Gasteiger partial charge in [-0.05, 0) is 49.4 Å². The van der Waals surface area contributed by atoms with E-state index in [1.165, 1.54) is 29.8 Å². The van der Waals surface area contributed by atoms with Crippen molar-refractivity contribution < 1.29 is 9.53 Å². The molecule has 0 unspecified atom stereocenters. The molecule has 0 spiro atoms. The fraction of sp³-hybridized carbons (Fsp3) is 0.500. The van der Waals surface area contributed by atoms with Crippen molar-refractivity contribution in [2.75, 3.05) is 6.54 Å². The Balaban J connectivity index is 1.30. The number of amides is 1. The fourth-order valence-corrected chi connectivity index (χ4v) is 3.68. The van der Waals surface area contributed by atoms with Crippen LogP contribution in [0, 0.1) is 13.8 Å². The monoisotopic (exact) mass is 339 g/mol. The summed E-state index contributed by atoms with van der Waals surface area (Å²) in [5, 5.41) is 3.00. The van der Waals surface area contributed by atoms with Gasteiger partial charge >= 0.3 is 0 Å². The molecule has 0 saturated heterocycles. The Kier molecular flexibility index (Phi) is 4.24. The van der Waals surface area contributed by atoms with E-state index in [0.717, 1.165) is 36.4 Å². The number of aryl methyl sites for hydroxylation is 4. The Hall–Kier alpha value is -2.30. The second-order valence-corrected chi connectivity index (χ2v) is 7.19. The number of hydrogen-bond acceptors (Lipinski definition) is 3. The zero-order valence-electron chi connectivity index (χ0n) is 15.0. The van der Waals surface area contributed by atoms with E-state index in [1.54, 1.807) is 0 Å². The maximum Gasteiger partial charge on any atom is 0.261 e. The van der Waals surface area contributed by atoms with Crippen LogP contribution in [0.2, 0.25) is 0 Å². The lowest BCUT2D eigenvalue weighted by Crippen LogP contribution is -2.38. The number of carbonyl (C=O) groups is 1. The molecule has 2 aromatic rings. The van der Waals surface area contributed by atoms with Crippen LogP contribution in [0.1, 0.15) is 41.1 Å². The summed E-state index contributed by atoms with van der Waals surface area (Å²) in [6.45, 7) is 5.83. The van der Waals surface area contributed by atoms with E-state index in [2.05, 4.69) is 41.0 Å². The van der Waals surface area contributed by atoms with Crippen LogP contribution in [-0.2, 0) is 30.6 Å². The zero-order valence-corrected chi connectivity index (χ0v) is 15.0. The van der Waals surface area contributed by atoms with Crippen LogP contribution in [0.4, 0.5) is 0 Å². The highest BCUT2D eigenvalue weighted by Gasteiger charge is 2.29. The second kappa shape index (κ2) is 6.54. The average Bonchev–Trinajstić information content (AvgIpc) is 3.18. The summed E-state index contributed by atoms with van der Waals surface area (Å²) in [6.07, 6.45) is 6.67. The first-order valence-corrected chi connectivity index (χ1v) is 9.19. The van der Waals surface area contributed by atoms with Gasteiger partial charge in [0.25, 0.3) is 5.91 Å². The third-order valence-corrected chi connectivity index (χ3v) is 5.28. The van der Waals surface area contributed by atoms with Crippen molar-refractivity contribution in [3.05, 3.63) is 46.5 Å². The second-order valence-electron chi connectivity index (χ2n) is 7.19. The molecular formula is C20H25N3O2. The van der Waals surface area contributed by atoms with Gasteiger partial charge in [0.05, 0.1) is 5.69 Å². The van der Waals surface area contributed by atoms with Gasteiger partial charge in [-0.25, -0.2) is 4.98 Å². The summed E-state index contributed by atoms with van der Waals surface area (Å²) in [7, 11) is 0. The molecule has 1 atom stereocenters. The Morgan fingerprint density at radius 1 is 1.32 bits per heavy atom. The van der Waals surface area contributed by atoms with E-state index in [1.807, 2.05) is 6.07 Å². The molecule has 1 N–H and O–H groups in total. The molecule has 1 aromatic heterocycles. The maximum absolute atomic E-state index is 12.4. The number of nitrogens with one attached hydrogen (secondary N) is 1. The lowest BCUT2D eigenvalue weighted by atomic mass is 10.0. The molecule has 1 aromatic carbocycles. The molecular weight excluding hydrogens is 314 g/mol. The van der Waals surface area contributed by atoms with Crippen LogP contribution < -0.4 is 10.1 Å². The van der Waals surface area contributed by atoms with E-state index >= 15 is 0 Å². The predicted molar refractivity (Wildman–Crippen MR) is 95.9 cm³/mol. The number of fused-ring (bicyclic) bond motifs is 2. The summed E-state index contributed by atoms with van der Waals surface area (Å²) in [5.41, 5.74) is 4.64. The van der Waals surface area contributed by atoms with Gasteiger partial charge in [0, 0.05) is 38.5 Å². The van der Waals surface area contributed by atoms with Gasteiger partial charge in [0.1, 0.15) is 11.6 Å². The molecule has 2 aliphatic rings. The highest BCUT2D eigenvalue weighted by atomic mass is 16.5. The number of imidazole rings is 1. The van der Waals surface area contributed by atoms with Gasteiger partial charge in [0.2, 0.25) is 0 Å². The summed E-state index contributed by atoms with van der Waals surface area (Å²) >= 11 is 0. The van der Waals surface area contributed by atoms with Crippen LogP contribution in [0.25, 0.3) is 0 Å². The lowest BCUT2D eigenvalue weighted by molar-refractivity contribution is -0.127. The first-order chi connectivity index (χ1) is 12.1. The highest BCUT2D eigenvalue weighted by molar-refractivity contribution is 5.82. The molecule has 2 aliphatic heterocycles. The van der Waals surface area contributed by atoms with Crippen LogP contribution in [0.5, 0.6) is 5.75 Å². The number of benzene rings is 1. The molecule has 25 heavy (non-hydrogen) atoms. The number of aromatic nitrogens is 2. The van der Waals surface area contributed by atoms with E-state index in [4.69, 9.17) is 4.74 Å². The number of ether oxygens (including phenoxy) is 1. The zero-order chi connectivity index (χ0) is 17.4. The third-order valence-electron chi connectivity index (χ3n) is 5.28. The Labute approximate surface area is 148 Å². The van der Waals surface area contributed by atoms with E-state index < -0.39 is 6.10 Å². The van der Waals surface area contributed by atoms with Gasteiger partial charge in [-0.2, -0.15) is 0 Å². The molecule has 132 valence electrons. The van der Waals surface area contributed by atoms with Gasteiger partial charge in [-0.3, -0.25) is 4.79 Å². The molecule has 3 heterocycles. The molecule has 5 heteroatoms. The normalized spacial score (nSPS) is 18.4. The van der Waals surface area contributed by atoms with E-state index in [9.17, 15) is 4.79 Å². The standard InChI is InChI=1S/C20H25N3O2/c1-13-9-15-11-18(25-17(15)10-14(13)2)20(24)21-7-6-16-12-23-8-4-3-5-19(23)22-16/h9-10,12,18H,3-8,11H2,1-2H3,(H,21,24)/t18-/m0/s1. The Bertz CT molecular complexity index is 755. The molecule has 0 fully saturated rings. The van der Waals surface area contributed by atoms with Crippen LogP contribution in [0.3, 0.4) is 0 Å². The number of rotatable bonds is 4. The molecule has 0 bridgehead atoms. The Morgan fingerprint density at radius 3 is 3.00 bits per heavy atom. The summed E-state index contributed by atoms with van der Waals surface area (Å²) in [4.78, 5) is 17.1. The van der Waals surface area contributed by atoms with Crippen molar-refractivity contribution >= 4 is 5.91 Å². The van der Waals surface area contributed by atoms with Crippen LogP contribution in [-0.4, -0.2) is 28.1 Å². The fourth-order valence-electron chi connectivity index (χ4n) is 3.68. The van der Waals surface area contributed by atoms with Crippen molar-refractivity contribution in [1.82, 2.24) is 14.9 Å². The summed E-state index contributed by atoms with van der Waals surface area (Å²) < 4.78 is 8.09. The lowest BCUT2D eigenvalue weighted by Gasteiger charge is -2.11. The van der Waals surface area contributed by atoms with Crippen molar-refractivity contribution in [3.63, 3.8) is 0 Å². The van der Waals surface area contributed by atoms with Gasteiger partial charge in [-0.1, -0.05) is 6.07 Å². The minimum Gasteiger partial charge on any atom is -0.480 e. The summed E-state index contributed by atoms with van der Waals surface area (Å²) in [5.74, 6) is 2.01. The Morgan fingerprint density at radius 2 is 2.16 bits per heavy atom. The minimum absolute atomic E-state index is 0.0320. The number of hydrogen-bond donors (Lipinski definition) is 1. The van der Waals surface area contributed by atoms with Crippen molar-refractivity contribution in [2.24, 2.45) is 0 Å². The maximum atomic E-state index is 12.4. The molecule has 0 radical (unpaired) electrons. The molecule has 4 rings (SSSR count). The molecule has 0 aliphatic carbocycles. The van der Waals surface area contributed by atoms with Crippen molar-refractivity contribution in [3.8, 4) is 5.75 Å². The van der Waals surface area contributed by atoms with E-state index in [-0.39, 0.29) is 5.91 Å². The van der Waals surface area contributed by atoms with E-state index in [0.29, 0.717) is 13.0 Å². The SMILES string of the molecule is Cc1cc2c(cc1C)O[C@H](C(=O)NCCc1cn3c(n1)CCCC3)C2. The first kappa shape index (κ1) is 16.2. The number of carbonyl (C=O) groups excluding carboxylic acids is 1. The highest BCUT2D eigenvalue weighted by Crippen LogP contribution is 2.31. The van der Waals surface area contributed by atoms with Crippen molar-refractivity contribution in [2.45, 2.75) is 58.6 Å².